The number of carbonyl (C=O) groups excluding carboxylic acids is 3. The second kappa shape index (κ2) is 7.52. The zero-order valence-corrected chi connectivity index (χ0v) is 15.0. The summed E-state index contributed by atoms with van der Waals surface area (Å²) in [5.74, 6) is -1.45. The van der Waals surface area contributed by atoms with Crippen LogP contribution in [-0.4, -0.2) is 28.4 Å². The Morgan fingerprint density at radius 3 is 2.36 bits per heavy atom. The van der Waals surface area contributed by atoms with Gasteiger partial charge in [-0.3, -0.25) is 24.7 Å². The van der Waals surface area contributed by atoms with Gasteiger partial charge in [0.15, 0.2) is 0 Å². The number of nitrogens with one attached hydrogen (secondary N) is 1. The van der Waals surface area contributed by atoms with E-state index in [4.69, 9.17) is 0 Å². The number of piperidine rings is 1. The molecule has 138 valence electrons. The molecule has 1 atom stereocenters. The first kappa shape index (κ1) is 17.7. The molecule has 0 saturated carbocycles. The molecule has 1 fully saturated rings. The number of imide groups is 1. The van der Waals surface area contributed by atoms with Crippen LogP contribution < -0.4 is 5.32 Å². The predicted octanol–water partition coefficient (Wildman–Crippen LogP) is 2.92. The summed E-state index contributed by atoms with van der Waals surface area (Å²) < 4.78 is 0. The summed E-state index contributed by atoms with van der Waals surface area (Å²) in [7, 11) is 0. The minimum Gasteiger partial charge on any atom is -0.296 e. The van der Waals surface area contributed by atoms with Crippen molar-refractivity contribution in [1.82, 2.24) is 10.3 Å². The van der Waals surface area contributed by atoms with Crippen molar-refractivity contribution in [2.45, 2.75) is 12.8 Å². The SMILES string of the molecule is O=C1CCC(C2=NC(=O)c3ccccc32)C(=O)N1.c1ccc2ncccc2c1. The summed E-state index contributed by atoms with van der Waals surface area (Å²) in [6.07, 6.45) is 2.50. The molecule has 2 aliphatic rings. The molecule has 1 aromatic heterocycles. The quantitative estimate of drug-likeness (QED) is 0.666. The van der Waals surface area contributed by atoms with Gasteiger partial charge in [0.25, 0.3) is 5.91 Å². The standard InChI is InChI=1S/C13H10N2O3.C9H7N/c16-10-6-5-9(13(18)14-10)11-7-3-1-2-4-8(7)12(17)15-11;1-2-6-9-8(4-1)5-3-7-10-9/h1-4,9H,5-6H2,(H,14,16,18);1-7H. The number of rotatable bonds is 1. The fraction of sp³-hybridized carbons (Fsp3) is 0.136. The molecule has 3 aromatic rings. The molecular weight excluding hydrogens is 354 g/mol. The normalized spacial score (nSPS) is 18.1. The highest BCUT2D eigenvalue weighted by Gasteiger charge is 2.36. The van der Waals surface area contributed by atoms with E-state index in [0.29, 0.717) is 23.3 Å². The molecule has 1 unspecified atom stereocenters. The van der Waals surface area contributed by atoms with E-state index < -0.39 is 5.92 Å². The van der Waals surface area contributed by atoms with Crippen LogP contribution in [0.25, 0.3) is 10.9 Å². The second-order valence-electron chi connectivity index (χ2n) is 6.55. The van der Waals surface area contributed by atoms with Gasteiger partial charge in [0.2, 0.25) is 11.8 Å². The lowest BCUT2D eigenvalue weighted by Crippen LogP contribution is -2.43. The molecule has 0 aliphatic carbocycles. The van der Waals surface area contributed by atoms with Crippen LogP contribution in [0.4, 0.5) is 0 Å². The van der Waals surface area contributed by atoms with Crippen LogP contribution in [0, 0.1) is 5.92 Å². The van der Waals surface area contributed by atoms with Gasteiger partial charge >= 0.3 is 0 Å². The number of aromatic nitrogens is 1. The Hall–Kier alpha value is -3.67. The number of amides is 3. The van der Waals surface area contributed by atoms with Crippen molar-refractivity contribution in [3.8, 4) is 0 Å². The van der Waals surface area contributed by atoms with Gasteiger partial charge in [-0.15, -0.1) is 0 Å². The second-order valence-corrected chi connectivity index (χ2v) is 6.55. The third-order valence-corrected chi connectivity index (χ3v) is 4.74. The fourth-order valence-corrected chi connectivity index (χ4v) is 3.36. The highest BCUT2D eigenvalue weighted by Crippen LogP contribution is 2.26. The van der Waals surface area contributed by atoms with Crippen molar-refractivity contribution in [3.05, 3.63) is 78.0 Å². The van der Waals surface area contributed by atoms with Crippen LogP contribution in [0.2, 0.25) is 0 Å². The topological polar surface area (TPSA) is 88.5 Å². The zero-order valence-electron chi connectivity index (χ0n) is 15.0. The Labute approximate surface area is 161 Å². The molecular formula is C22H17N3O3. The van der Waals surface area contributed by atoms with Crippen molar-refractivity contribution >= 4 is 34.3 Å². The van der Waals surface area contributed by atoms with Gasteiger partial charge in [0.1, 0.15) is 0 Å². The summed E-state index contributed by atoms with van der Waals surface area (Å²) in [6.45, 7) is 0. The summed E-state index contributed by atoms with van der Waals surface area (Å²) in [5, 5.41) is 3.48. The molecule has 5 rings (SSSR count). The van der Waals surface area contributed by atoms with Crippen molar-refractivity contribution in [1.29, 1.82) is 0 Å². The van der Waals surface area contributed by atoms with Crippen LogP contribution in [0.15, 0.2) is 71.9 Å². The molecule has 0 spiro atoms. The number of pyridine rings is 1. The molecule has 0 radical (unpaired) electrons. The third-order valence-electron chi connectivity index (χ3n) is 4.74. The average Bonchev–Trinajstić information content (AvgIpc) is 3.05. The Morgan fingerprint density at radius 1 is 0.857 bits per heavy atom. The largest absolute Gasteiger partial charge is 0.296 e. The maximum absolute atomic E-state index is 11.8. The maximum atomic E-state index is 11.8. The van der Waals surface area contributed by atoms with Gasteiger partial charge in [-0.25, -0.2) is 4.99 Å². The number of para-hydroxylation sites is 1. The van der Waals surface area contributed by atoms with Gasteiger partial charge < -0.3 is 0 Å². The van der Waals surface area contributed by atoms with Crippen molar-refractivity contribution < 1.29 is 14.4 Å². The lowest BCUT2D eigenvalue weighted by molar-refractivity contribution is -0.134. The van der Waals surface area contributed by atoms with E-state index in [1.165, 1.54) is 5.39 Å². The molecule has 2 aliphatic heterocycles. The number of hydrogen-bond donors (Lipinski definition) is 1. The van der Waals surface area contributed by atoms with Gasteiger partial charge in [0, 0.05) is 23.6 Å². The highest BCUT2D eigenvalue weighted by atomic mass is 16.2. The first-order valence-electron chi connectivity index (χ1n) is 8.99. The van der Waals surface area contributed by atoms with E-state index in [2.05, 4.69) is 27.4 Å². The van der Waals surface area contributed by atoms with Gasteiger partial charge in [-0.05, 0) is 24.6 Å². The van der Waals surface area contributed by atoms with Gasteiger partial charge in [-0.1, -0.05) is 42.5 Å². The van der Waals surface area contributed by atoms with Gasteiger partial charge in [-0.2, -0.15) is 0 Å². The molecule has 1 N–H and O–H groups in total. The smallest absolute Gasteiger partial charge is 0.277 e. The lowest BCUT2D eigenvalue weighted by atomic mass is 9.89. The van der Waals surface area contributed by atoms with E-state index in [1.54, 1.807) is 24.3 Å². The maximum Gasteiger partial charge on any atom is 0.277 e. The van der Waals surface area contributed by atoms with E-state index in [-0.39, 0.29) is 24.1 Å². The highest BCUT2D eigenvalue weighted by molar-refractivity contribution is 6.27. The Morgan fingerprint density at radius 2 is 1.57 bits per heavy atom. The molecule has 0 bridgehead atoms. The number of nitrogens with zero attached hydrogens (tertiary/aromatic N) is 2. The van der Waals surface area contributed by atoms with Crippen LogP contribution in [0.1, 0.15) is 28.8 Å². The molecule has 3 heterocycles. The molecule has 2 aromatic carbocycles. The summed E-state index contributed by atoms with van der Waals surface area (Å²) in [6, 6.07) is 19.1. The van der Waals surface area contributed by atoms with E-state index in [9.17, 15) is 14.4 Å². The Bertz CT molecular complexity index is 1060. The van der Waals surface area contributed by atoms with E-state index in [0.717, 1.165) is 5.52 Å². The van der Waals surface area contributed by atoms with Crippen molar-refractivity contribution in [3.63, 3.8) is 0 Å². The van der Waals surface area contributed by atoms with Crippen molar-refractivity contribution in [2.24, 2.45) is 10.9 Å². The molecule has 6 heteroatoms. The summed E-state index contributed by atoms with van der Waals surface area (Å²) in [4.78, 5) is 42.7. The average molecular weight is 371 g/mol. The van der Waals surface area contributed by atoms with Crippen LogP contribution in [0.5, 0.6) is 0 Å². The lowest BCUT2D eigenvalue weighted by Gasteiger charge is -2.20. The van der Waals surface area contributed by atoms with Crippen LogP contribution in [-0.2, 0) is 9.59 Å². The number of hydrogen-bond acceptors (Lipinski definition) is 4. The first-order valence-corrected chi connectivity index (χ1v) is 8.99. The monoisotopic (exact) mass is 371 g/mol. The minimum absolute atomic E-state index is 0.269. The minimum atomic E-state index is -0.504. The molecule has 3 amide bonds. The van der Waals surface area contributed by atoms with E-state index >= 15 is 0 Å². The van der Waals surface area contributed by atoms with E-state index in [1.807, 2.05) is 30.5 Å². The Balaban J connectivity index is 0.000000162. The molecule has 28 heavy (non-hydrogen) atoms. The first-order chi connectivity index (χ1) is 13.6. The third kappa shape index (κ3) is 3.44. The van der Waals surface area contributed by atoms with Crippen molar-refractivity contribution in [2.75, 3.05) is 0 Å². The summed E-state index contributed by atoms with van der Waals surface area (Å²) >= 11 is 0. The number of aliphatic imine (C=N–C) groups is 1. The fourth-order valence-electron chi connectivity index (χ4n) is 3.36. The van der Waals surface area contributed by atoms with Crippen LogP contribution >= 0.6 is 0 Å². The number of benzene rings is 2. The number of fused-ring (bicyclic) bond motifs is 2. The molecule has 1 saturated heterocycles. The molecule has 6 nitrogen and oxygen atoms in total. The van der Waals surface area contributed by atoms with Crippen LogP contribution in [0.3, 0.4) is 0 Å². The predicted molar refractivity (Wildman–Crippen MR) is 105 cm³/mol. The summed E-state index contributed by atoms with van der Waals surface area (Å²) in [5.41, 5.74) is 2.78. The Kier molecular flexibility index (Phi) is 4.76. The zero-order chi connectivity index (χ0) is 19.5. The van der Waals surface area contributed by atoms with Gasteiger partial charge in [0.05, 0.1) is 22.7 Å². The number of carbonyl (C=O) groups is 3.